The minimum absolute atomic E-state index is 0.00186. The van der Waals surface area contributed by atoms with Crippen molar-refractivity contribution in [2.75, 3.05) is 13.2 Å². The average Bonchev–Trinajstić information content (AvgIpc) is 2.89. The van der Waals surface area contributed by atoms with Crippen LogP contribution in [0.3, 0.4) is 0 Å². The van der Waals surface area contributed by atoms with Gasteiger partial charge in [0.2, 0.25) is 0 Å². The number of rotatable bonds is 5. The molecule has 1 aliphatic heterocycles. The van der Waals surface area contributed by atoms with Gasteiger partial charge in [-0.05, 0) is 36.2 Å². The molecular formula is C12H13NO5. The Bertz CT molecular complexity index is 454. The van der Waals surface area contributed by atoms with E-state index in [2.05, 4.69) is 5.18 Å². The molecule has 0 bridgehead atoms. The third-order valence-corrected chi connectivity index (χ3v) is 2.75. The Hall–Kier alpha value is -1.95. The van der Waals surface area contributed by atoms with E-state index in [1.54, 1.807) is 0 Å². The Kier molecular flexibility index (Phi) is 3.88. The summed E-state index contributed by atoms with van der Waals surface area (Å²) in [4.78, 5) is 21.4. The lowest BCUT2D eigenvalue weighted by molar-refractivity contribution is 0.0674. The van der Waals surface area contributed by atoms with Gasteiger partial charge in [0.15, 0.2) is 0 Å². The molecular weight excluding hydrogens is 238 g/mol. The van der Waals surface area contributed by atoms with Crippen molar-refractivity contribution in [2.45, 2.75) is 18.9 Å². The van der Waals surface area contributed by atoms with Crippen LogP contribution in [0.5, 0.6) is 5.75 Å². The van der Waals surface area contributed by atoms with Crippen molar-refractivity contribution in [3.8, 4) is 5.75 Å². The van der Waals surface area contributed by atoms with Crippen LogP contribution in [0.4, 0.5) is 5.69 Å². The van der Waals surface area contributed by atoms with E-state index >= 15 is 0 Å². The number of ether oxygens (including phenoxy) is 2. The lowest BCUT2D eigenvalue weighted by Crippen LogP contribution is -2.16. The standard InChI is InChI=1S/C12H13NO5/c14-12(15)8-3-4-10(13-16)11(6-8)18-7-9-2-1-5-17-9/h3-4,6,9H,1-2,5,7H2,(H,14,15). The van der Waals surface area contributed by atoms with Crippen LogP contribution in [0.1, 0.15) is 23.2 Å². The van der Waals surface area contributed by atoms with Gasteiger partial charge in [0.05, 0.1) is 11.7 Å². The zero-order valence-electron chi connectivity index (χ0n) is 9.67. The molecule has 0 amide bonds. The molecule has 96 valence electrons. The van der Waals surface area contributed by atoms with E-state index in [1.165, 1.54) is 18.2 Å². The fraction of sp³-hybridized carbons (Fsp3) is 0.417. The monoisotopic (exact) mass is 251 g/mol. The number of aromatic carboxylic acids is 1. The van der Waals surface area contributed by atoms with Crippen LogP contribution in [0.15, 0.2) is 23.4 Å². The summed E-state index contributed by atoms with van der Waals surface area (Å²) >= 11 is 0. The number of carbonyl (C=O) groups is 1. The topological polar surface area (TPSA) is 85.2 Å². The normalized spacial score (nSPS) is 18.6. The summed E-state index contributed by atoms with van der Waals surface area (Å²) in [5.41, 5.74) is 0.155. The largest absolute Gasteiger partial charge is 0.488 e. The second kappa shape index (κ2) is 5.59. The third kappa shape index (κ3) is 2.84. The van der Waals surface area contributed by atoms with Crippen LogP contribution >= 0.6 is 0 Å². The van der Waals surface area contributed by atoms with Gasteiger partial charge in [-0.3, -0.25) is 0 Å². The molecule has 1 aliphatic rings. The lowest BCUT2D eigenvalue weighted by Gasteiger charge is -2.12. The van der Waals surface area contributed by atoms with Crippen molar-refractivity contribution < 1.29 is 19.4 Å². The van der Waals surface area contributed by atoms with E-state index in [1.807, 2.05) is 0 Å². The number of carboxylic acids is 1. The van der Waals surface area contributed by atoms with Crippen molar-refractivity contribution in [2.24, 2.45) is 5.18 Å². The predicted molar refractivity (Wildman–Crippen MR) is 63.3 cm³/mol. The highest BCUT2D eigenvalue weighted by atomic mass is 16.5. The molecule has 18 heavy (non-hydrogen) atoms. The maximum atomic E-state index is 10.8. The maximum Gasteiger partial charge on any atom is 0.335 e. The Morgan fingerprint density at radius 3 is 3.00 bits per heavy atom. The van der Waals surface area contributed by atoms with Crippen LogP contribution in [-0.4, -0.2) is 30.4 Å². The first-order chi connectivity index (χ1) is 8.70. The molecule has 6 heteroatoms. The number of benzene rings is 1. The number of hydrogen-bond donors (Lipinski definition) is 1. The molecule has 1 atom stereocenters. The van der Waals surface area contributed by atoms with Gasteiger partial charge in [0.1, 0.15) is 18.0 Å². The van der Waals surface area contributed by atoms with E-state index in [9.17, 15) is 9.70 Å². The minimum Gasteiger partial charge on any atom is -0.488 e. The third-order valence-electron chi connectivity index (χ3n) is 2.75. The van der Waals surface area contributed by atoms with Gasteiger partial charge in [-0.1, -0.05) is 0 Å². The Morgan fingerprint density at radius 1 is 1.56 bits per heavy atom. The Morgan fingerprint density at radius 2 is 2.39 bits per heavy atom. The van der Waals surface area contributed by atoms with Gasteiger partial charge in [-0.15, -0.1) is 4.91 Å². The van der Waals surface area contributed by atoms with Gasteiger partial charge in [-0.2, -0.15) is 0 Å². The Labute approximate surface area is 103 Å². The summed E-state index contributed by atoms with van der Waals surface area (Å²) in [6.07, 6.45) is 1.89. The van der Waals surface area contributed by atoms with Crippen molar-refractivity contribution >= 4 is 11.7 Å². The fourth-order valence-electron chi connectivity index (χ4n) is 1.80. The lowest BCUT2D eigenvalue weighted by atomic mass is 10.2. The maximum absolute atomic E-state index is 10.8. The zero-order chi connectivity index (χ0) is 13.0. The summed E-state index contributed by atoms with van der Waals surface area (Å²) in [5.74, 6) is -0.894. The highest BCUT2D eigenvalue weighted by Gasteiger charge is 2.17. The summed E-state index contributed by atoms with van der Waals surface area (Å²) in [5, 5.41) is 11.7. The molecule has 1 aromatic carbocycles. The van der Waals surface area contributed by atoms with Crippen molar-refractivity contribution in [1.82, 2.24) is 0 Å². The van der Waals surface area contributed by atoms with Gasteiger partial charge >= 0.3 is 5.97 Å². The molecule has 2 rings (SSSR count). The first-order valence-corrected chi connectivity index (χ1v) is 5.66. The van der Waals surface area contributed by atoms with Crippen LogP contribution in [-0.2, 0) is 4.74 Å². The average molecular weight is 251 g/mol. The van der Waals surface area contributed by atoms with E-state index in [0.29, 0.717) is 13.2 Å². The van der Waals surface area contributed by atoms with Gasteiger partial charge < -0.3 is 14.6 Å². The molecule has 1 fully saturated rings. The quantitative estimate of drug-likeness (QED) is 0.812. The second-order valence-corrected chi connectivity index (χ2v) is 4.02. The summed E-state index contributed by atoms with van der Waals surface area (Å²) < 4.78 is 10.8. The molecule has 6 nitrogen and oxygen atoms in total. The molecule has 1 aromatic rings. The van der Waals surface area contributed by atoms with E-state index in [-0.39, 0.29) is 23.1 Å². The van der Waals surface area contributed by atoms with Gasteiger partial charge in [-0.25, -0.2) is 4.79 Å². The highest BCUT2D eigenvalue weighted by molar-refractivity contribution is 5.88. The second-order valence-electron chi connectivity index (χ2n) is 4.02. The van der Waals surface area contributed by atoms with Crippen molar-refractivity contribution in [3.63, 3.8) is 0 Å². The number of nitrogens with zero attached hydrogens (tertiary/aromatic N) is 1. The zero-order valence-corrected chi connectivity index (χ0v) is 9.67. The van der Waals surface area contributed by atoms with Crippen LogP contribution in [0.25, 0.3) is 0 Å². The first kappa shape index (κ1) is 12.5. The van der Waals surface area contributed by atoms with Crippen molar-refractivity contribution in [3.05, 3.63) is 28.7 Å². The van der Waals surface area contributed by atoms with Crippen LogP contribution in [0.2, 0.25) is 0 Å². The molecule has 1 saturated heterocycles. The first-order valence-electron chi connectivity index (χ1n) is 5.66. The Balaban J connectivity index is 2.10. The smallest absolute Gasteiger partial charge is 0.335 e. The molecule has 0 spiro atoms. The number of hydrogen-bond acceptors (Lipinski definition) is 5. The van der Waals surface area contributed by atoms with Crippen LogP contribution in [0, 0.1) is 4.91 Å². The van der Waals surface area contributed by atoms with Gasteiger partial charge in [0, 0.05) is 6.61 Å². The molecule has 1 unspecified atom stereocenters. The van der Waals surface area contributed by atoms with E-state index in [4.69, 9.17) is 14.6 Å². The molecule has 1 heterocycles. The number of carboxylic acid groups (broad SMARTS) is 1. The van der Waals surface area contributed by atoms with Gasteiger partial charge in [0.25, 0.3) is 0 Å². The van der Waals surface area contributed by atoms with E-state index in [0.717, 1.165) is 12.8 Å². The van der Waals surface area contributed by atoms with Crippen LogP contribution < -0.4 is 4.74 Å². The summed E-state index contributed by atoms with van der Waals surface area (Å²) in [6, 6.07) is 3.95. The minimum atomic E-state index is -1.07. The summed E-state index contributed by atoms with van der Waals surface area (Å²) in [7, 11) is 0. The molecule has 1 N–H and O–H groups in total. The fourth-order valence-corrected chi connectivity index (χ4v) is 1.80. The predicted octanol–water partition coefficient (Wildman–Crippen LogP) is 2.34. The van der Waals surface area contributed by atoms with Crippen molar-refractivity contribution in [1.29, 1.82) is 0 Å². The molecule has 0 aromatic heterocycles. The summed E-state index contributed by atoms with van der Waals surface area (Å²) in [6.45, 7) is 1.01. The van der Waals surface area contributed by atoms with E-state index < -0.39 is 5.97 Å². The molecule has 0 saturated carbocycles. The molecule has 0 radical (unpaired) electrons. The highest BCUT2D eigenvalue weighted by Crippen LogP contribution is 2.29. The number of nitroso groups, excluding NO2 is 1. The SMILES string of the molecule is O=Nc1ccc(C(=O)O)cc1OCC1CCCO1. The molecule has 0 aliphatic carbocycles.